The molecule has 0 unspecified atom stereocenters. The van der Waals surface area contributed by atoms with Gasteiger partial charge in [-0.1, -0.05) is 47.1 Å². The summed E-state index contributed by atoms with van der Waals surface area (Å²) in [5, 5.41) is 6.28. The van der Waals surface area contributed by atoms with Crippen LogP contribution in [0.2, 0.25) is 0 Å². The molecule has 0 radical (unpaired) electrons. The van der Waals surface area contributed by atoms with Crippen LogP contribution in [0.15, 0.2) is 18.2 Å². The zero-order valence-electron chi connectivity index (χ0n) is 27.1. The molecule has 0 spiro atoms. The van der Waals surface area contributed by atoms with Gasteiger partial charge < -0.3 is 22.1 Å². The maximum atomic E-state index is 13.4. The Morgan fingerprint density at radius 2 is 1.61 bits per heavy atom. The molecule has 0 aliphatic heterocycles. The van der Waals surface area contributed by atoms with Crippen LogP contribution < -0.4 is 22.1 Å². The molecule has 0 saturated heterocycles. The third-order valence-corrected chi connectivity index (χ3v) is 8.86. The van der Waals surface area contributed by atoms with Crippen LogP contribution in [0.25, 0.3) is 10.2 Å². The number of aromatic nitrogens is 1. The molecule has 1 heterocycles. The number of benzene rings is 1. The lowest BCUT2D eigenvalue weighted by Gasteiger charge is -2.23. The molecule has 0 fully saturated rings. The van der Waals surface area contributed by atoms with Crippen molar-refractivity contribution >= 4 is 50.8 Å². The first-order valence-electron chi connectivity index (χ1n) is 15.8. The number of thiazole rings is 1. The second kappa shape index (κ2) is 17.9. The fraction of sp³-hybridized carbons (Fsp3) is 0.636. The van der Waals surface area contributed by atoms with Gasteiger partial charge in [0, 0.05) is 31.6 Å². The van der Waals surface area contributed by atoms with Gasteiger partial charge in [0.25, 0.3) is 0 Å². The van der Waals surface area contributed by atoms with E-state index in [0.29, 0.717) is 44.6 Å². The number of Topliss-reactive ketones (excluding diaryl/α,β-unsaturated/α-hetero) is 2. The Hall–Kier alpha value is -3.18. The Bertz CT molecular complexity index is 1290. The van der Waals surface area contributed by atoms with Crippen LogP contribution in [0, 0.1) is 17.8 Å². The summed E-state index contributed by atoms with van der Waals surface area (Å²) in [6.07, 6.45) is 2.64. The summed E-state index contributed by atoms with van der Waals surface area (Å²) in [5.74, 6) is -2.67. The number of ketones is 2. The van der Waals surface area contributed by atoms with Crippen LogP contribution in [-0.2, 0) is 30.4 Å². The van der Waals surface area contributed by atoms with Gasteiger partial charge in [-0.15, -0.1) is 11.3 Å². The lowest BCUT2D eigenvalue weighted by Crippen LogP contribution is -2.48. The van der Waals surface area contributed by atoms with Gasteiger partial charge in [0.05, 0.1) is 27.2 Å². The maximum absolute atomic E-state index is 13.4. The van der Waals surface area contributed by atoms with Crippen molar-refractivity contribution in [3.05, 3.63) is 28.8 Å². The third kappa shape index (κ3) is 11.7. The van der Waals surface area contributed by atoms with E-state index in [-0.39, 0.29) is 36.7 Å². The van der Waals surface area contributed by atoms with Crippen molar-refractivity contribution in [3.8, 4) is 0 Å². The zero-order chi connectivity index (χ0) is 33.0. The number of nitrogens with two attached hydrogens (primary N) is 2. The van der Waals surface area contributed by atoms with Crippen molar-refractivity contribution in [2.24, 2.45) is 29.2 Å². The first-order valence-corrected chi connectivity index (χ1v) is 16.6. The molecule has 0 aliphatic rings. The van der Waals surface area contributed by atoms with Crippen molar-refractivity contribution in [2.45, 2.75) is 111 Å². The summed E-state index contributed by atoms with van der Waals surface area (Å²) in [7, 11) is 0. The molecule has 3 amide bonds. The van der Waals surface area contributed by atoms with E-state index in [4.69, 9.17) is 16.5 Å². The maximum Gasteiger partial charge on any atom is 0.240 e. The zero-order valence-corrected chi connectivity index (χ0v) is 27.9. The van der Waals surface area contributed by atoms with Crippen LogP contribution >= 0.6 is 11.3 Å². The number of fused-ring (bicyclic) bond motifs is 1. The largest absolute Gasteiger partial charge is 0.368 e. The number of carbonyl (C=O) groups excluding carboxylic acids is 5. The van der Waals surface area contributed by atoms with E-state index in [1.165, 1.54) is 16.9 Å². The van der Waals surface area contributed by atoms with E-state index in [9.17, 15) is 24.0 Å². The summed E-state index contributed by atoms with van der Waals surface area (Å²) < 4.78 is 1.03. The number of amides is 3. The van der Waals surface area contributed by atoms with E-state index >= 15 is 0 Å². The van der Waals surface area contributed by atoms with E-state index in [0.717, 1.165) is 15.2 Å². The number of nitrogens with zero attached hydrogens (tertiary/aromatic N) is 1. The normalized spacial score (nSPS) is 14.3. The molecule has 1 aromatic heterocycles. The van der Waals surface area contributed by atoms with Gasteiger partial charge in [0.15, 0.2) is 5.78 Å². The highest BCUT2D eigenvalue weighted by molar-refractivity contribution is 7.18. The van der Waals surface area contributed by atoms with Gasteiger partial charge in [-0.3, -0.25) is 24.0 Å². The molecule has 44 heavy (non-hydrogen) atoms. The minimum Gasteiger partial charge on any atom is -0.368 e. The standard InChI is InChI=1S/C33H51N5O5S/c1-7-25(39)15-24(18-30-37-26-12-11-22(20(4)5)17-29(26)44-30)33(43)36-21(6)28(40)16-23(10-8-9-13-34)32(42)38-27(31(35)41)14-19(2)3/h11-12,17,19-21,23-24,27H,7-10,13-16,18,34H2,1-6H3,(H2,35,41)(H,36,43)(H,38,42)/t21-,23+,24-,27-/m0/s1. The Morgan fingerprint density at radius 3 is 2.20 bits per heavy atom. The number of unbranched alkanes of at least 4 members (excludes halogenated alkanes) is 1. The van der Waals surface area contributed by atoms with E-state index in [1.54, 1.807) is 13.8 Å². The van der Waals surface area contributed by atoms with Crippen molar-refractivity contribution in [1.82, 2.24) is 15.6 Å². The Labute approximate surface area is 265 Å². The highest BCUT2D eigenvalue weighted by atomic mass is 32.1. The number of hydrogen-bond donors (Lipinski definition) is 4. The Morgan fingerprint density at radius 1 is 0.932 bits per heavy atom. The average molecular weight is 630 g/mol. The molecule has 6 N–H and O–H groups in total. The summed E-state index contributed by atoms with van der Waals surface area (Å²) in [4.78, 5) is 69.0. The van der Waals surface area contributed by atoms with Crippen LogP contribution in [0.3, 0.4) is 0 Å². The first kappa shape index (κ1) is 37.0. The number of carbonyl (C=O) groups is 5. The molecule has 10 nitrogen and oxygen atoms in total. The molecule has 2 aromatic rings. The lowest BCUT2D eigenvalue weighted by atomic mass is 9.91. The lowest BCUT2D eigenvalue weighted by molar-refractivity contribution is -0.134. The summed E-state index contributed by atoms with van der Waals surface area (Å²) >= 11 is 1.51. The fourth-order valence-electron chi connectivity index (χ4n) is 5.02. The SMILES string of the molecule is CCC(=O)C[C@@H](Cc1nc2ccc(C(C)C)cc2s1)C(=O)N[C@@H](C)C(=O)C[C@@H](CCCCN)C(=O)N[C@@H](CC(C)C)C(N)=O. The molecule has 4 atom stereocenters. The van der Waals surface area contributed by atoms with Crippen LogP contribution in [0.4, 0.5) is 0 Å². The molecule has 0 aliphatic carbocycles. The quantitative estimate of drug-likeness (QED) is 0.159. The summed E-state index contributed by atoms with van der Waals surface area (Å²) in [5.41, 5.74) is 13.2. The van der Waals surface area contributed by atoms with E-state index in [1.807, 2.05) is 19.9 Å². The van der Waals surface area contributed by atoms with Crippen LogP contribution in [-0.4, -0.2) is 52.9 Å². The molecule has 0 saturated carbocycles. The van der Waals surface area contributed by atoms with Gasteiger partial charge in [-0.05, 0) is 62.3 Å². The Kier molecular flexibility index (Phi) is 15.1. The molecular weight excluding hydrogens is 578 g/mol. The fourth-order valence-corrected chi connectivity index (χ4v) is 6.12. The second-order valence-corrected chi connectivity index (χ2v) is 13.6. The van der Waals surface area contributed by atoms with E-state index < -0.39 is 41.6 Å². The third-order valence-electron chi connectivity index (χ3n) is 7.82. The topological polar surface area (TPSA) is 174 Å². The van der Waals surface area contributed by atoms with Crippen molar-refractivity contribution in [2.75, 3.05) is 6.54 Å². The minimum absolute atomic E-state index is 0.0465. The number of nitrogens with one attached hydrogen (secondary N) is 2. The summed E-state index contributed by atoms with van der Waals surface area (Å²) in [6.45, 7) is 11.9. The van der Waals surface area contributed by atoms with Gasteiger partial charge >= 0.3 is 0 Å². The molecule has 244 valence electrons. The van der Waals surface area contributed by atoms with Crippen molar-refractivity contribution in [3.63, 3.8) is 0 Å². The first-order chi connectivity index (χ1) is 20.7. The number of rotatable bonds is 20. The van der Waals surface area contributed by atoms with Crippen LogP contribution in [0.5, 0.6) is 0 Å². The summed E-state index contributed by atoms with van der Waals surface area (Å²) in [6, 6.07) is 4.44. The highest BCUT2D eigenvalue weighted by Gasteiger charge is 2.30. The van der Waals surface area contributed by atoms with Crippen molar-refractivity contribution < 1.29 is 24.0 Å². The minimum atomic E-state index is -0.877. The van der Waals surface area contributed by atoms with Gasteiger partial charge in [-0.25, -0.2) is 4.98 Å². The van der Waals surface area contributed by atoms with Gasteiger partial charge in [0.1, 0.15) is 11.8 Å². The smallest absolute Gasteiger partial charge is 0.240 e. The molecular formula is C33H51N5O5S. The Balaban J connectivity index is 2.15. The second-order valence-electron chi connectivity index (χ2n) is 12.5. The van der Waals surface area contributed by atoms with Crippen molar-refractivity contribution in [1.29, 1.82) is 0 Å². The van der Waals surface area contributed by atoms with Gasteiger partial charge in [-0.2, -0.15) is 0 Å². The molecule has 1 aromatic carbocycles. The van der Waals surface area contributed by atoms with Crippen LogP contribution in [0.1, 0.15) is 103 Å². The molecule has 0 bridgehead atoms. The monoisotopic (exact) mass is 629 g/mol. The predicted octanol–water partition coefficient (Wildman–Crippen LogP) is 4.17. The van der Waals surface area contributed by atoms with E-state index in [2.05, 4.69) is 36.6 Å². The predicted molar refractivity (Wildman–Crippen MR) is 175 cm³/mol. The molecule has 11 heteroatoms. The number of primary amides is 1. The molecule has 2 rings (SSSR count). The average Bonchev–Trinajstić information content (AvgIpc) is 3.36. The number of hydrogen-bond acceptors (Lipinski definition) is 8. The highest BCUT2D eigenvalue weighted by Crippen LogP contribution is 2.28. The van der Waals surface area contributed by atoms with Gasteiger partial charge in [0.2, 0.25) is 17.7 Å².